The van der Waals surface area contributed by atoms with Crippen molar-refractivity contribution in [1.82, 2.24) is 10.2 Å². The molecule has 1 rings (SSSR count). The van der Waals surface area contributed by atoms with Crippen LogP contribution in [-0.2, 0) is 24.0 Å². The first-order chi connectivity index (χ1) is 11.1. The van der Waals surface area contributed by atoms with Crippen LogP contribution in [-0.4, -0.2) is 48.3 Å². The zero-order valence-corrected chi connectivity index (χ0v) is 13.0. The van der Waals surface area contributed by atoms with Crippen LogP contribution in [0.2, 0.25) is 0 Å². The van der Waals surface area contributed by atoms with Crippen LogP contribution in [0.15, 0.2) is 12.2 Å². The topological polar surface area (TPSA) is 101 Å². The minimum Gasteiger partial charge on any atom is -0.356 e. The van der Waals surface area contributed by atoms with Gasteiger partial charge in [0.2, 0.25) is 5.91 Å². The Morgan fingerprint density at radius 2 is 1.74 bits per heavy atom. The first-order valence-corrected chi connectivity index (χ1v) is 7.76. The zero-order chi connectivity index (χ0) is 17.1. The lowest BCUT2D eigenvalue weighted by Gasteiger charge is -2.17. The molecule has 1 heterocycles. The number of imide groups is 1. The van der Waals surface area contributed by atoms with E-state index in [4.69, 9.17) is 0 Å². The number of hydrogen-bond donors (Lipinski definition) is 1. The number of aldehydes is 2. The number of nitrogens with one attached hydrogen (secondary N) is 1. The minimum atomic E-state index is -0.402. The molecule has 1 atom stereocenters. The van der Waals surface area contributed by atoms with Gasteiger partial charge in [-0.1, -0.05) is 0 Å². The maximum atomic E-state index is 11.8. The van der Waals surface area contributed by atoms with E-state index in [0.29, 0.717) is 25.8 Å². The summed E-state index contributed by atoms with van der Waals surface area (Å²) in [4.78, 5) is 56.4. The highest BCUT2D eigenvalue weighted by atomic mass is 16.2. The number of carbonyl (C=O) groups excluding carboxylic acids is 5. The van der Waals surface area contributed by atoms with Gasteiger partial charge in [-0.05, 0) is 25.2 Å². The van der Waals surface area contributed by atoms with E-state index in [1.165, 1.54) is 12.2 Å². The summed E-state index contributed by atoms with van der Waals surface area (Å²) in [6.07, 6.45) is 7.15. The SMILES string of the molecule is O=CCCCC(CCC=O)CNC(=O)CCN1C(=O)C=CC1=O. The molecule has 1 aliphatic heterocycles. The summed E-state index contributed by atoms with van der Waals surface area (Å²) in [5.41, 5.74) is 0. The van der Waals surface area contributed by atoms with Crippen LogP contribution in [0, 0.1) is 5.92 Å². The van der Waals surface area contributed by atoms with E-state index in [9.17, 15) is 24.0 Å². The van der Waals surface area contributed by atoms with Crippen molar-refractivity contribution in [2.24, 2.45) is 5.92 Å². The van der Waals surface area contributed by atoms with Crippen LogP contribution in [0.5, 0.6) is 0 Å². The van der Waals surface area contributed by atoms with Crippen molar-refractivity contribution in [2.45, 2.75) is 38.5 Å². The Kier molecular flexibility index (Phi) is 8.49. The van der Waals surface area contributed by atoms with Crippen molar-refractivity contribution >= 4 is 30.3 Å². The monoisotopic (exact) mass is 322 g/mol. The second kappa shape index (κ2) is 10.4. The molecule has 1 aliphatic rings. The molecule has 126 valence electrons. The van der Waals surface area contributed by atoms with Crippen molar-refractivity contribution < 1.29 is 24.0 Å². The average Bonchev–Trinajstić information content (AvgIpc) is 2.86. The van der Waals surface area contributed by atoms with Gasteiger partial charge in [0.05, 0.1) is 0 Å². The normalized spacial score (nSPS) is 14.9. The third-order valence-corrected chi connectivity index (χ3v) is 3.68. The predicted octanol–water partition coefficient (Wildman–Crippen LogP) is 0.382. The van der Waals surface area contributed by atoms with Crippen LogP contribution in [0.1, 0.15) is 38.5 Å². The van der Waals surface area contributed by atoms with E-state index in [1.807, 2.05) is 0 Å². The highest BCUT2D eigenvalue weighted by molar-refractivity contribution is 6.13. The van der Waals surface area contributed by atoms with Crippen molar-refractivity contribution in [3.05, 3.63) is 12.2 Å². The number of nitrogens with zero attached hydrogens (tertiary/aromatic N) is 1. The molecular weight excluding hydrogens is 300 g/mol. The number of unbranched alkanes of at least 4 members (excludes halogenated alkanes) is 1. The Bertz CT molecular complexity index is 469. The van der Waals surface area contributed by atoms with Crippen LogP contribution >= 0.6 is 0 Å². The molecule has 0 aromatic carbocycles. The van der Waals surface area contributed by atoms with E-state index in [-0.39, 0.29) is 24.8 Å². The summed E-state index contributed by atoms with van der Waals surface area (Å²) in [5, 5.41) is 2.76. The molecule has 0 radical (unpaired) electrons. The summed E-state index contributed by atoms with van der Waals surface area (Å²) in [7, 11) is 0. The maximum absolute atomic E-state index is 11.8. The summed E-state index contributed by atoms with van der Waals surface area (Å²) < 4.78 is 0. The molecule has 0 aromatic heterocycles. The van der Waals surface area contributed by atoms with Gasteiger partial charge in [-0.25, -0.2) is 0 Å². The molecule has 0 saturated carbocycles. The number of amides is 3. The standard InChI is InChI=1S/C16H22N2O5/c19-10-2-1-4-13(5-3-11-20)12-17-14(21)8-9-18-15(22)6-7-16(18)23/h6-7,10-11,13H,1-5,8-9,12H2,(H,17,21). The van der Waals surface area contributed by atoms with Crippen LogP contribution in [0.4, 0.5) is 0 Å². The Balaban J connectivity index is 2.30. The quantitative estimate of drug-likeness (QED) is 0.318. The van der Waals surface area contributed by atoms with E-state index in [2.05, 4.69) is 5.32 Å². The molecule has 1 N–H and O–H groups in total. The largest absolute Gasteiger partial charge is 0.356 e. The van der Waals surface area contributed by atoms with Gasteiger partial charge in [-0.3, -0.25) is 19.3 Å². The molecule has 3 amide bonds. The molecule has 0 aliphatic carbocycles. The third kappa shape index (κ3) is 6.99. The van der Waals surface area contributed by atoms with E-state index >= 15 is 0 Å². The molecule has 0 aromatic rings. The molecule has 0 fully saturated rings. The number of rotatable bonds is 12. The smallest absolute Gasteiger partial charge is 0.253 e. The molecule has 7 heteroatoms. The lowest BCUT2D eigenvalue weighted by molar-refractivity contribution is -0.137. The van der Waals surface area contributed by atoms with Crippen LogP contribution in [0.25, 0.3) is 0 Å². The van der Waals surface area contributed by atoms with Crippen molar-refractivity contribution in [3.63, 3.8) is 0 Å². The van der Waals surface area contributed by atoms with Gasteiger partial charge in [0.1, 0.15) is 12.6 Å². The molecular formula is C16H22N2O5. The minimum absolute atomic E-state index is 0.0495. The first kappa shape index (κ1) is 18.7. The Morgan fingerprint density at radius 1 is 1.09 bits per heavy atom. The fourth-order valence-corrected chi connectivity index (χ4v) is 2.35. The first-order valence-electron chi connectivity index (χ1n) is 7.76. The number of hydrogen-bond acceptors (Lipinski definition) is 5. The zero-order valence-electron chi connectivity index (χ0n) is 13.0. The molecule has 0 saturated heterocycles. The van der Waals surface area contributed by atoms with Gasteiger partial charge >= 0.3 is 0 Å². The molecule has 7 nitrogen and oxygen atoms in total. The van der Waals surface area contributed by atoms with E-state index < -0.39 is 11.8 Å². The van der Waals surface area contributed by atoms with Gasteiger partial charge < -0.3 is 14.9 Å². The molecule has 0 bridgehead atoms. The predicted molar refractivity (Wildman–Crippen MR) is 82.2 cm³/mol. The summed E-state index contributed by atoms with van der Waals surface area (Å²) in [6.45, 7) is 0.478. The van der Waals surface area contributed by atoms with Gasteiger partial charge in [-0.15, -0.1) is 0 Å². The van der Waals surface area contributed by atoms with Gasteiger partial charge in [0.25, 0.3) is 11.8 Å². The van der Waals surface area contributed by atoms with Gasteiger partial charge in [0, 0.05) is 44.5 Å². The third-order valence-electron chi connectivity index (χ3n) is 3.68. The number of carbonyl (C=O) groups is 5. The second-order valence-electron chi connectivity index (χ2n) is 5.42. The molecule has 1 unspecified atom stereocenters. The second-order valence-corrected chi connectivity index (χ2v) is 5.42. The lowest BCUT2D eigenvalue weighted by atomic mass is 9.97. The summed E-state index contributed by atoms with van der Waals surface area (Å²) >= 11 is 0. The van der Waals surface area contributed by atoms with Crippen molar-refractivity contribution in [3.8, 4) is 0 Å². The summed E-state index contributed by atoms with van der Waals surface area (Å²) in [6, 6.07) is 0. The van der Waals surface area contributed by atoms with Crippen LogP contribution in [0.3, 0.4) is 0 Å². The van der Waals surface area contributed by atoms with Gasteiger partial charge in [0.15, 0.2) is 0 Å². The fraction of sp³-hybridized carbons (Fsp3) is 0.562. The van der Waals surface area contributed by atoms with Crippen LogP contribution < -0.4 is 5.32 Å². The van der Waals surface area contributed by atoms with Crippen molar-refractivity contribution in [2.75, 3.05) is 13.1 Å². The average molecular weight is 322 g/mol. The van der Waals surface area contributed by atoms with Gasteiger partial charge in [-0.2, -0.15) is 0 Å². The summed E-state index contributed by atoms with van der Waals surface area (Å²) in [5.74, 6) is -0.911. The van der Waals surface area contributed by atoms with E-state index in [1.54, 1.807) is 0 Å². The Hall–Kier alpha value is -2.31. The fourth-order valence-electron chi connectivity index (χ4n) is 2.35. The highest BCUT2D eigenvalue weighted by Gasteiger charge is 2.23. The molecule has 0 spiro atoms. The van der Waals surface area contributed by atoms with Crippen molar-refractivity contribution in [1.29, 1.82) is 0 Å². The lowest BCUT2D eigenvalue weighted by Crippen LogP contribution is -2.36. The molecule has 23 heavy (non-hydrogen) atoms. The van der Waals surface area contributed by atoms with E-state index in [0.717, 1.165) is 30.3 Å². The Labute approximate surface area is 135 Å². The maximum Gasteiger partial charge on any atom is 0.253 e. The Morgan fingerprint density at radius 3 is 2.35 bits per heavy atom. The highest BCUT2D eigenvalue weighted by Crippen LogP contribution is 2.13.